The van der Waals surface area contributed by atoms with Crippen molar-refractivity contribution in [2.24, 2.45) is 5.73 Å². The number of ether oxygens (including phenoxy) is 1. The molecule has 90 valence electrons. The Labute approximate surface area is 96.9 Å². The van der Waals surface area contributed by atoms with Gasteiger partial charge in [-0.25, -0.2) is 4.79 Å². The van der Waals surface area contributed by atoms with Crippen LogP contribution in [0, 0.1) is 0 Å². The van der Waals surface area contributed by atoms with Gasteiger partial charge < -0.3 is 20.7 Å². The fourth-order valence-electron chi connectivity index (χ4n) is 1.19. The van der Waals surface area contributed by atoms with Crippen LogP contribution in [-0.2, 0) is 9.59 Å². The van der Waals surface area contributed by atoms with Crippen molar-refractivity contribution in [2.75, 3.05) is 7.11 Å². The lowest BCUT2D eigenvalue weighted by molar-refractivity contribution is -0.134. The van der Waals surface area contributed by atoms with E-state index < -0.39 is 17.4 Å². The Morgan fingerprint density at radius 2 is 2.06 bits per heavy atom. The minimum atomic E-state index is -1.41. The number of carbonyl (C=O) groups is 2. The van der Waals surface area contributed by atoms with Crippen molar-refractivity contribution in [3.8, 4) is 11.5 Å². The van der Waals surface area contributed by atoms with Crippen molar-refractivity contribution < 1.29 is 24.5 Å². The summed E-state index contributed by atoms with van der Waals surface area (Å²) in [6, 6.07) is 4.15. The molecule has 0 aliphatic carbocycles. The number of methoxy groups -OCH3 is 1. The van der Waals surface area contributed by atoms with Crippen LogP contribution in [0.4, 0.5) is 0 Å². The number of hydrogen-bond acceptors (Lipinski definition) is 4. The van der Waals surface area contributed by atoms with Gasteiger partial charge in [0.1, 0.15) is 5.57 Å². The quantitative estimate of drug-likeness (QED) is 0.397. The monoisotopic (exact) mass is 237 g/mol. The average Bonchev–Trinajstić information content (AvgIpc) is 2.26. The summed E-state index contributed by atoms with van der Waals surface area (Å²) in [7, 11) is 1.36. The van der Waals surface area contributed by atoms with Crippen LogP contribution < -0.4 is 10.5 Å². The van der Waals surface area contributed by atoms with Gasteiger partial charge in [0.15, 0.2) is 11.5 Å². The van der Waals surface area contributed by atoms with Gasteiger partial charge in [0, 0.05) is 0 Å². The summed E-state index contributed by atoms with van der Waals surface area (Å²) in [6.07, 6.45) is 1.10. The maximum absolute atomic E-state index is 10.9. The summed E-state index contributed by atoms with van der Waals surface area (Å²) in [5, 5.41) is 18.1. The van der Waals surface area contributed by atoms with E-state index >= 15 is 0 Å². The molecular weight excluding hydrogens is 226 g/mol. The van der Waals surface area contributed by atoms with Gasteiger partial charge in [-0.2, -0.15) is 0 Å². The third-order valence-electron chi connectivity index (χ3n) is 2.01. The fourth-order valence-corrected chi connectivity index (χ4v) is 1.19. The van der Waals surface area contributed by atoms with Gasteiger partial charge >= 0.3 is 5.97 Å². The average molecular weight is 237 g/mol. The second kappa shape index (κ2) is 5.02. The van der Waals surface area contributed by atoms with Crippen molar-refractivity contribution >= 4 is 18.0 Å². The predicted octanol–water partition coefficient (Wildman–Crippen LogP) is 0.354. The molecule has 0 spiro atoms. The number of benzene rings is 1. The number of rotatable bonds is 4. The Balaban J connectivity index is 3.21. The van der Waals surface area contributed by atoms with Gasteiger partial charge in [-0.15, -0.1) is 0 Å². The van der Waals surface area contributed by atoms with Crippen molar-refractivity contribution in [1.82, 2.24) is 0 Å². The minimum absolute atomic E-state index is 0.0828. The third kappa shape index (κ3) is 2.97. The number of aromatic hydroxyl groups is 1. The molecule has 1 amide bonds. The van der Waals surface area contributed by atoms with Gasteiger partial charge in [-0.1, -0.05) is 6.07 Å². The maximum Gasteiger partial charge on any atom is 0.341 e. The van der Waals surface area contributed by atoms with E-state index in [1.807, 2.05) is 0 Å². The van der Waals surface area contributed by atoms with Crippen molar-refractivity contribution in [3.05, 3.63) is 29.3 Å². The lowest BCUT2D eigenvalue weighted by atomic mass is 10.1. The lowest BCUT2D eigenvalue weighted by Crippen LogP contribution is -2.20. The molecule has 6 heteroatoms. The van der Waals surface area contributed by atoms with E-state index in [2.05, 4.69) is 0 Å². The second-order valence-electron chi connectivity index (χ2n) is 3.16. The summed E-state index contributed by atoms with van der Waals surface area (Å²) in [6.45, 7) is 0. The minimum Gasteiger partial charge on any atom is -0.504 e. The number of carbonyl (C=O) groups excluding carboxylic acids is 1. The normalized spacial score (nSPS) is 11.0. The highest BCUT2D eigenvalue weighted by atomic mass is 16.5. The van der Waals surface area contributed by atoms with Crippen LogP contribution in [0.1, 0.15) is 5.56 Å². The number of phenolic OH excluding ortho intramolecular Hbond substituents is 1. The molecular formula is C11H11NO5. The van der Waals surface area contributed by atoms with Gasteiger partial charge in [0.2, 0.25) is 0 Å². The van der Waals surface area contributed by atoms with Crippen LogP contribution in [-0.4, -0.2) is 29.2 Å². The van der Waals surface area contributed by atoms with Gasteiger partial charge in [-0.3, -0.25) is 4.79 Å². The number of carboxylic acid groups (broad SMARTS) is 1. The van der Waals surface area contributed by atoms with Crippen molar-refractivity contribution in [1.29, 1.82) is 0 Å². The SMILES string of the molecule is COc1cc(/C=C(\C(N)=O)C(=O)O)ccc1O. The molecule has 0 heterocycles. The highest BCUT2D eigenvalue weighted by Gasteiger charge is 2.14. The largest absolute Gasteiger partial charge is 0.504 e. The van der Waals surface area contributed by atoms with Crippen LogP contribution in [0.15, 0.2) is 23.8 Å². The Morgan fingerprint density at radius 3 is 2.53 bits per heavy atom. The molecule has 0 unspecified atom stereocenters. The molecule has 0 aromatic heterocycles. The van der Waals surface area contributed by atoms with E-state index in [0.717, 1.165) is 6.08 Å². The Hall–Kier alpha value is -2.50. The zero-order chi connectivity index (χ0) is 13.0. The van der Waals surface area contributed by atoms with E-state index in [-0.39, 0.29) is 11.5 Å². The summed E-state index contributed by atoms with van der Waals surface area (Å²) in [5.74, 6) is -2.36. The maximum atomic E-state index is 10.9. The number of carboxylic acids is 1. The Kier molecular flexibility index (Phi) is 3.71. The molecule has 0 aliphatic rings. The summed E-state index contributed by atoms with van der Waals surface area (Å²) in [5.41, 5.74) is 4.76. The van der Waals surface area contributed by atoms with E-state index in [0.29, 0.717) is 5.56 Å². The predicted molar refractivity (Wildman–Crippen MR) is 59.5 cm³/mol. The molecule has 0 fully saturated rings. The molecule has 6 nitrogen and oxygen atoms in total. The summed E-state index contributed by atoms with van der Waals surface area (Å²) >= 11 is 0. The molecule has 1 aromatic carbocycles. The lowest BCUT2D eigenvalue weighted by Gasteiger charge is -2.04. The van der Waals surface area contributed by atoms with Crippen LogP contribution in [0.25, 0.3) is 6.08 Å². The molecule has 4 N–H and O–H groups in total. The summed E-state index contributed by atoms with van der Waals surface area (Å²) < 4.78 is 4.85. The number of aliphatic carboxylic acids is 1. The van der Waals surface area contributed by atoms with Crippen LogP contribution in [0.2, 0.25) is 0 Å². The fraction of sp³-hybridized carbons (Fsp3) is 0.0909. The third-order valence-corrected chi connectivity index (χ3v) is 2.01. The van der Waals surface area contributed by atoms with E-state index in [1.165, 1.54) is 25.3 Å². The van der Waals surface area contributed by atoms with Crippen molar-refractivity contribution in [2.45, 2.75) is 0 Å². The standard InChI is InChI=1S/C11H11NO5/c1-17-9-5-6(2-3-8(9)13)4-7(10(12)14)11(15)16/h2-5,13H,1H3,(H2,12,14)(H,15,16)/b7-4+. The topological polar surface area (TPSA) is 110 Å². The van der Waals surface area contributed by atoms with Gasteiger partial charge in [-0.05, 0) is 23.8 Å². The number of nitrogens with two attached hydrogens (primary N) is 1. The molecule has 0 aliphatic heterocycles. The van der Waals surface area contributed by atoms with E-state index in [1.54, 1.807) is 0 Å². The highest BCUT2D eigenvalue weighted by Crippen LogP contribution is 2.27. The van der Waals surface area contributed by atoms with E-state index in [9.17, 15) is 14.7 Å². The number of primary amides is 1. The zero-order valence-electron chi connectivity index (χ0n) is 9.01. The molecule has 1 aromatic rings. The molecule has 0 saturated heterocycles. The first-order valence-electron chi connectivity index (χ1n) is 4.57. The van der Waals surface area contributed by atoms with Gasteiger partial charge in [0.05, 0.1) is 7.11 Å². The molecule has 0 radical (unpaired) electrons. The molecule has 17 heavy (non-hydrogen) atoms. The number of amides is 1. The Morgan fingerprint density at radius 1 is 1.41 bits per heavy atom. The zero-order valence-corrected chi connectivity index (χ0v) is 9.01. The molecule has 1 rings (SSSR count). The second-order valence-corrected chi connectivity index (χ2v) is 3.16. The smallest absolute Gasteiger partial charge is 0.341 e. The number of hydrogen-bond donors (Lipinski definition) is 3. The van der Waals surface area contributed by atoms with Crippen LogP contribution in [0.5, 0.6) is 11.5 Å². The first-order chi connectivity index (χ1) is 7.95. The van der Waals surface area contributed by atoms with Crippen LogP contribution >= 0.6 is 0 Å². The van der Waals surface area contributed by atoms with Crippen molar-refractivity contribution in [3.63, 3.8) is 0 Å². The Bertz CT molecular complexity index is 477. The molecule has 0 bridgehead atoms. The van der Waals surface area contributed by atoms with E-state index in [4.69, 9.17) is 15.6 Å². The molecule has 0 saturated carbocycles. The molecule has 0 atom stereocenters. The number of phenols is 1. The highest BCUT2D eigenvalue weighted by molar-refractivity contribution is 6.18. The first-order valence-corrected chi connectivity index (χ1v) is 4.57. The summed E-state index contributed by atoms with van der Waals surface area (Å²) in [4.78, 5) is 21.6. The van der Waals surface area contributed by atoms with Gasteiger partial charge in [0.25, 0.3) is 5.91 Å². The van der Waals surface area contributed by atoms with Crippen LogP contribution in [0.3, 0.4) is 0 Å². The first kappa shape index (κ1) is 12.6.